The summed E-state index contributed by atoms with van der Waals surface area (Å²) in [7, 11) is 0. The van der Waals surface area contributed by atoms with E-state index in [-0.39, 0.29) is 29.9 Å². The molecule has 37 heavy (non-hydrogen) atoms. The fourth-order valence-electron chi connectivity index (χ4n) is 6.12. The molecule has 3 heterocycles. The summed E-state index contributed by atoms with van der Waals surface area (Å²) >= 11 is 3.69. The van der Waals surface area contributed by atoms with E-state index in [1.165, 1.54) is 0 Å². The lowest BCUT2D eigenvalue weighted by atomic mass is 9.70. The standard InChI is InChI=1S/C28H43BrN2O6/c1-4-7-9-13-18-36-27(35)21-22-25(33)31(16-11-10-12-17-32)24(28(22)19-20(29)23(21)37-28)26(34)30(14-6-3)15-8-5-2/h4,6,20-24,32H,1,3,5,7-19H2,2H3/t20?,21-,22+,23-,24?,28?/m1/s1. The van der Waals surface area contributed by atoms with Gasteiger partial charge in [-0.3, -0.25) is 14.4 Å². The monoisotopic (exact) mass is 582 g/mol. The topological polar surface area (TPSA) is 96.4 Å². The van der Waals surface area contributed by atoms with Gasteiger partial charge in [0.15, 0.2) is 0 Å². The molecule has 2 bridgehead atoms. The molecule has 3 saturated heterocycles. The van der Waals surface area contributed by atoms with Crippen molar-refractivity contribution < 1.29 is 29.0 Å². The lowest BCUT2D eigenvalue weighted by Gasteiger charge is -2.37. The van der Waals surface area contributed by atoms with Gasteiger partial charge in [-0.15, -0.1) is 13.2 Å². The number of esters is 1. The number of carbonyl (C=O) groups is 3. The smallest absolute Gasteiger partial charge is 0.312 e. The van der Waals surface area contributed by atoms with Crippen LogP contribution in [0, 0.1) is 11.8 Å². The largest absolute Gasteiger partial charge is 0.465 e. The molecule has 0 aromatic heterocycles. The Kier molecular flexibility index (Phi) is 11.2. The molecule has 9 heteroatoms. The Morgan fingerprint density at radius 2 is 2.00 bits per heavy atom. The second-order valence-corrected chi connectivity index (χ2v) is 11.5. The number of amides is 2. The first-order valence-electron chi connectivity index (χ1n) is 13.8. The molecule has 3 rings (SSSR count). The molecule has 3 aliphatic rings. The fourth-order valence-corrected chi connectivity index (χ4v) is 7.06. The van der Waals surface area contributed by atoms with Crippen LogP contribution in [0.5, 0.6) is 0 Å². The minimum atomic E-state index is -1.07. The number of halogens is 1. The molecule has 0 saturated carbocycles. The fraction of sp³-hybridized carbons (Fsp3) is 0.750. The lowest BCUT2D eigenvalue weighted by Crippen LogP contribution is -2.57. The van der Waals surface area contributed by atoms with Gasteiger partial charge in [-0.05, 0) is 51.4 Å². The normalized spacial score (nSPS) is 29.9. The van der Waals surface area contributed by atoms with Gasteiger partial charge in [0.2, 0.25) is 11.8 Å². The number of aliphatic hydroxyl groups is 1. The van der Waals surface area contributed by atoms with Gasteiger partial charge in [0.25, 0.3) is 0 Å². The van der Waals surface area contributed by atoms with Gasteiger partial charge in [0.05, 0.1) is 24.5 Å². The van der Waals surface area contributed by atoms with Gasteiger partial charge in [0, 0.05) is 31.1 Å². The van der Waals surface area contributed by atoms with Crippen LogP contribution < -0.4 is 0 Å². The first-order chi connectivity index (χ1) is 17.9. The Morgan fingerprint density at radius 3 is 2.68 bits per heavy atom. The maximum absolute atomic E-state index is 14.1. The Labute approximate surface area is 229 Å². The predicted octanol–water partition coefficient (Wildman–Crippen LogP) is 3.61. The first kappa shape index (κ1) is 29.8. The summed E-state index contributed by atoms with van der Waals surface area (Å²) in [6.07, 6.45) is 9.80. The van der Waals surface area contributed by atoms with Crippen LogP contribution in [-0.4, -0.2) is 88.1 Å². The highest BCUT2D eigenvalue weighted by Gasteiger charge is 2.77. The third kappa shape index (κ3) is 6.14. The van der Waals surface area contributed by atoms with E-state index in [1.807, 2.05) is 6.08 Å². The van der Waals surface area contributed by atoms with Crippen LogP contribution in [0.15, 0.2) is 25.3 Å². The number of alkyl halides is 1. The number of likely N-dealkylation sites (tertiary alicyclic amines) is 1. The molecule has 0 aromatic carbocycles. The predicted molar refractivity (Wildman–Crippen MR) is 145 cm³/mol. The molecule has 1 spiro atoms. The Hall–Kier alpha value is -1.71. The molecular weight excluding hydrogens is 540 g/mol. The summed E-state index contributed by atoms with van der Waals surface area (Å²) in [6.45, 7) is 11.3. The average Bonchev–Trinajstić information content (AvgIpc) is 3.47. The minimum absolute atomic E-state index is 0.0871. The van der Waals surface area contributed by atoms with Crippen LogP contribution in [0.2, 0.25) is 0 Å². The minimum Gasteiger partial charge on any atom is -0.465 e. The van der Waals surface area contributed by atoms with E-state index in [1.54, 1.807) is 15.9 Å². The quantitative estimate of drug-likeness (QED) is 0.122. The summed E-state index contributed by atoms with van der Waals surface area (Å²) in [5.41, 5.74) is -1.07. The molecule has 3 aliphatic heterocycles. The van der Waals surface area contributed by atoms with Gasteiger partial charge in [0.1, 0.15) is 11.6 Å². The van der Waals surface area contributed by atoms with Gasteiger partial charge in [-0.2, -0.15) is 0 Å². The second-order valence-electron chi connectivity index (χ2n) is 10.4. The second kappa shape index (κ2) is 13.9. The van der Waals surface area contributed by atoms with Crippen molar-refractivity contribution in [2.45, 2.75) is 87.3 Å². The van der Waals surface area contributed by atoms with Crippen molar-refractivity contribution in [3.8, 4) is 0 Å². The first-order valence-corrected chi connectivity index (χ1v) is 14.7. The van der Waals surface area contributed by atoms with E-state index in [0.717, 1.165) is 38.5 Å². The lowest BCUT2D eigenvalue weighted by molar-refractivity contribution is -0.155. The number of carbonyl (C=O) groups excluding carboxylic acids is 3. The van der Waals surface area contributed by atoms with Crippen molar-refractivity contribution in [1.29, 1.82) is 0 Å². The van der Waals surface area contributed by atoms with Crippen LogP contribution in [0.4, 0.5) is 0 Å². The highest BCUT2D eigenvalue weighted by Crippen LogP contribution is 2.60. The molecule has 2 amide bonds. The van der Waals surface area contributed by atoms with Crippen LogP contribution in [0.1, 0.15) is 64.7 Å². The van der Waals surface area contributed by atoms with Gasteiger partial charge in [-0.25, -0.2) is 0 Å². The molecule has 0 aromatic rings. The van der Waals surface area contributed by atoms with Crippen molar-refractivity contribution >= 4 is 33.7 Å². The summed E-state index contributed by atoms with van der Waals surface area (Å²) in [6, 6.07) is -0.800. The third-order valence-corrected chi connectivity index (χ3v) is 8.69. The van der Waals surface area contributed by atoms with Crippen molar-refractivity contribution in [1.82, 2.24) is 9.80 Å². The van der Waals surface area contributed by atoms with Crippen LogP contribution in [0.25, 0.3) is 0 Å². The number of unbranched alkanes of at least 4 members (excludes halogenated alkanes) is 5. The Bertz CT molecular complexity index is 837. The number of allylic oxidation sites excluding steroid dienone is 1. The van der Waals surface area contributed by atoms with E-state index in [4.69, 9.17) is 9.47 Å². The highest BCUT2D eigenvalue weighted by molar-refractivity contribution is 9.09. The maximum Gasteiger partial charge on any atom is 0.312 e. The maximum atomic E-state index is 14.1. The number of fused-ring (bicyclic) bond motifs is 1. The summed E-state index contributed by atoms with van der Waals surface area (Å²) < 4.78 is 12.2. The van der Waals surface area contributed by atoms with E-state index >= 15 is 0 Å². The molecular formula is C28H43BrN2O6. The van der Waals surface area contributed by atoms with E-state index in [0.29, 0.717) is 38.9 Å². The number of hydrogen-bond acceptors (Lipinski definition) is 6. The van der Waals surface area contributed by atoms with Crippen molar-refractivity contribution in [3.05, 3.63) is 25.3 Å². The van der Waals surface area contributed by atoms with Crippen LogP contribution in [-0.2, 0) is 23.9 Å². The molecule has 208 valence electrons. The molecule has 8 nitrogen and oxygen atoms in total. The Balaban J connectivity index is 1.89. The SMILES string of the molecule is C=CCCCCOC(=O)[C@H]1[C@@H]2OC3(CC2Br)C(C(=O)N(CC=C)CCCC)N(CCCCCO)C(=O)[C@H]13. The van der Waals surface area contributed by atoms with Crippen LogP contribution >= 0.6 is 15.9 Å². The average molecular weight is 584 g/mol. The van der Waals surface area contributed by atoms with Gasteiger partial charge >= 0.3 is 5.97 Å². The number of nitrogens with zero attached hydrogens (tertiary/aromatic N) is 2. The summed E-state index contributed by atoms with van der Waals surface area (Å²) in [4.78, 5) is 44.6. The van der Waals surface area contributed by atoms with E-state index in [9.17, 15) is 19.5 Å². The van der Waals surface area contributed by atoms with E-state index in [2.05, 4.69) is 36.0 Å². The molecule has 6 atom stereocenters. The van der Waals surface area contributed by atoms with Crippen molar-refractivity contribution in [3.63, 3.8) is 0 Å². The molecule has 3 unspecified atom stereocenters. The van der Waals surface area contributed by atoms with Gasteiger partial charge in [-0.1, -0.05) is 41.4 Å². The van der Waals surface area contributed by atoms with Crippen molar-refractivity contribution in [2.75, 3.05) is 32.8 Å². The number of rotatable bonds is 17. The summed E-state index contributed by atoms with van der Waals surface area (Å²) in [5, 5.41) is 9.19. The summed E-state index contributed by atoms with van der Waals surface area (Å²) in [5.74, 6) is -2.26. The molecule has 0 radical (unpaired) electrons. The third-order valence-electron chi connectivity index (χ3n) is 7.84. The molecule has 3 fully saturated rings. The van der Waals surface area contributed by atoms with Crippen LogP contribution in [0.3, 0.4) is 0 Å². The highest BCUT2D eigenvalue weighted by atomic mass is 79.9. The molecule has 1 N–H and O–H groups in total. The number of aliphatic hydroxyl groups excluding tert-OH is 1. The molecule has 0 aliphatic carbocycles. The number of hydrogen-bond donors (Lipinski definition) is 1. The zero-order valence-electron chi connectivity index (χ0n) is 22.1. The van der Waals surface area contributed by atoms with E-state index < -0.39 is 35.6 Å². The zero-order chi connectivity index (χ0) is 27.0. The van der Waals surface area contributed by atoms with Gasteiger partial charge < -0.3 is 24.4 Å². The zero-order valence-corrected chi connectivity index (χ0v) is 23.7. The van der Waals surface area contributed by atoms with Crippen molar-refractivity contribution in [2.24, 2.45) is 11.8 Å². The number of ether oxygens (including phenoxy) is 2. The Morgan fingerprint density at radius 1 is 1.22 bits per heavy atom.